The molecule has 0 saturated heterocycles. The molecule has 6 heteroatoms. The Morgan fingerprint density at radius 1 is 1.16 bits per heavy atom. The summed E-state index contributed by atoms with van der Waals surface area (Å²) < 4.78 is 10.4. The highest BCUT2D eigenvalue weighted by molar-refractivity contribution is 6.30. The predicted octanol–water partition coefficient (Wildman–Crippen LogP) is 3.93. The van der Waals surface area contributed by atoms with Crippen LogP contribution in [-0.4, -0.2) is 25.1 Å². The normalized spacial score (nSPS) is 10.5. The molecule has 0 spiro atoms. The van der Waals surface area contributed by atoms with Crippen molar-refractivity contribution in [1.29, 1.82) is 0 Å². The van der Waals surface area contributed by atoms with Crippen molar-refractivity contribution in [2.24, 2.45) is 0 Å². The van der Waals surface area contributed by atoms with Crippen LogP contribution in [0.4, 0.5) is 5.69 Å². The smallest absolute Gasteiger partial charge is 0.331 e. The molecule has 0 unspecified atom stereocenters. The molecule has 0 radical (unpaired) electrons. The van der Waals surface area contributed by atoms with Crippen LogP contribution in [0.25, 0.3) is 6.08 Å². The first kappa shape index (κ1) is 18.5. The van der Waals surface area contributed by atoms with Crippen LogP contribution in [0.15, 0.2) is 54.6 Å². The second-order valence-corrected chi connectivity index (χ2v) is 5.41. The minimum atomic E-state index is -0.618. The number of nitrogens with one attached hydrogen (secondary N) is 1. The van der Waals surface area contributed by atoms with Gasteiger partial charge in [-0.3, -0.25) is 4.79 Å². The molecule has 5 nitrogen and oxygen atoms in total. The lowest BCUT2D eigenvalue weighted by Crippen LogP contribution is -2.20. The van der Waals surface area contributed by atoms with Crippen molar-refractivity contribution in [1.82, 2.24) is 0 Å². The fourth-order valence-corrected chi connectivity index (χ4v) is 2.20. The van der Waals surface area contributed by atoms with E-state index in [1.165, 1.54) is 6.08 Å². The van der Waals surface area contributed by atoms with Crippen LogP contribution >= 0.6 is 11.6 Å². The van der Waals surface area contributed by atoms with E-state index in [4.69, 9.17) is 21.1 Å². The number of anilines is 1. The molecule has 0 saturated carbocycles. The van der Waals surface area contributed by atoms with Crippen LogP contribution in [0.1, 0.15) is 12.5 Å². The van der Waals surface area contributed by atoms with Gasteiger partial charge in [0.15, 0.2) is 6.61 Å². The lowest BCUT2D eigenvalue weighted by Gasteiger charge is -2.07. The Kier molecular flexibility index (Phi) is 7.04. The Balaban J connectivity index is 1.85. The number of rotatable bonds is 7. The number of amides is 1. The number of ether oxygens (including phenoxy) is 2. The van der Waals surface area contributed by atoms with E-state index in [1.54, 1.807) is 30.3 Å². The second kappa shape index (κ2) is 9.49. The van der Waals surface area contributed by atoms with Gasteiger partial charge in [0.1, 0.15) is 5.75 Å². The minimum absolute atomic E-state index is 0.386. The first-order valence-electron chi connectivity index (χ1n) is 7.70. The monoisotopic (exact) mass is 359 g/mol. The van der Waals surface area contributed by atoms with E-state index in [0.717, 1.165) is 5.56 Å². The molecule has 25 heavy (non-hydrogen) atoms. The van der Waals surface area contributed by atoms with Gasteiger partial charge in [0.25, 0.3) is 5.91 Å². The van der Waals surface area contributed by atoms with Gasteiger partial charge in [-0.05, 0) is 37.3 Å². The van der Waals surface area contributed by atoms with Crippen LogP contribution in [0.5, 0.6) is 5.75 Å². The molecule has 2 aromatic carbocycles. The van der Waals surface area contributed by atoms with Crippen molar-refractivity contribution in [2.45, 2.75) is 6.92 Å². The lowest BCUT2D eigenvalue weighted by molar-refractivity contribution is -0.142. The molecular weight excluding hydrogens is 342 g/mol. The number of halogens is 1. The molecule has 0 aliphatic rings. The molecule has 0 aliphatic carbocycles. The van der Waals surface area contributed by atoms with Crippen molar-refractivity contribution < 1.29 is 19.1 Å². The van der Waals surface area contributed by atoms with Gasteiger partial charge in [-0.2, -0.15) is 0 Å². The Hall–Kier alpha value is -2.79. The van der Waals surface area contributed by atoms with E-state index in [9.17, 15) is 9.59 Å². The summed E-state index contributed by atoms with van der Waals surface area (Å²) in [5, 5.41) is 3.10. The van der Waals surface area contributed by atoms with E-state index < -0.39 is 11.9 Å². The zero-order valence-corrected chi connectivity index (χ0v) is 14.5. The van der Waals surface area contributed by atoms with Crippen molar-refractivity contribution in [3.63, 3.8) is 0 Å². The van der Waals surface area contributed by atoms with E-state index in [2.05, 4.69) is 5.32 Å². The van der Waals surface area contributed by atoms with E-state index in [-0.39, 0.29) is 6.61 Å². The van der Waals surface area contributed by atoms with Crippen LogP contribution in [0.3, 0.4) is 0 Å². The Labute approximate surface area is 151 Å². The highest BCUT2D eigenvalue weighted by Gasteiger charge is 2.06. The van der Waals surface area contributed by atoms with Crippen molar-refractivity contribution in [3.05, 3.63) is 65.2 Å². The molecule has 1 amide bonds. The van der Waals surface area contributed by atoms with E-state index in [1.807, 2.05) is 31.2 Å². The second-order valence-electron chi connectivity index (χ2n) is 4.97. The molecule has 0 bridgehead atoms. The van der Waals surface area contributed by atoms with Gasteiger partial charge in [-0.1, -0.05) is 35.9 Å². The van der Waals surface area contributed by atoms with Gasteiger partial charge in [-0.15, -0.1) is 0 Å². The zero-order valence-electron chi connectivity index (χ0n) is 13.7. The summed E-state index contributed by atoms with van der Waals surface area (Å²) in [5.74, 6) is -0.390. The molecule has 0 fully saturated rings. The zero-order chi connectivity index (χ0) is 18.1. The minimum Gasteiger partial charge on any atom is -0.493 e. The topological polar surface area (TPSA) is 64.6 Å². The fourth-order valence-electron chi connectivity index (χ4n) is 2.01. The van der Waals surface area contributed by atoms with E-state index >= 15 is 0 Å². The molecular formula is C19H18ClNO4. The number of benzene rings is 2. The number of carbonyl (C=O) groups is 2. The number of esters is 1. The van der Waals surface area contributed by atoms with Crippen LogP contribution in [0, 0.1) is 0 Å². The summed E-state index contributed by atoms with van der Waals surface area (Å²) >= 11 is 5.83. The standard InChI is InChI=1S/C19H18ClNO4/c1-2-24-17-9-4-3-6-14(17)10-11-19(23)25-13-18(22)21-16-8-5-7-15(20)12-16/h3-12H,2,13H2,1H3,(H,21,22)/b11-10+. The van der Waals surface area contributed by atoms with Gasteiger partial charge in [0.2, 0.25) is 0 Å². The highest BCUT2D eigenvalue weighted by Crippen LogP contribution is 2.19. The third-order valence-electron chi connectivity index (χ3n) is 3.07. The Morgan fingerprint density at radius 3 is 2.72 bits per heavy atom. The molecule has 0 aliphatic heterocycles. The van der Waals surface area contributed by atoms with Gasteiger partial charge in [0.05, 0.1) is 6.61 Å². The summed E-state index contributed by atoms with van der Waals surface area (Å²) in [5.41, 5.74) is 1.29. The average molecular weight is 360 g/mol. The average Bonchev–Trinajstić information content (AvgIpc) is 2.59. The summed E-state index contributed by atoms with van der Waals surface area (Å²) in [4.78, 5) is 23.5. The molecule has 2 rings (SSSR count). The first-order valence-corrected chi connectivity index (χ1v) is 8.08. The van der Waals surface area contributed by atoms with Crippen molar-refractivity contribution in [2.75, 3.05) is 18.5 Å². The molecule has 2 aromatic rings. The van der Waals surface area contributed by atoms with Gasteiger partial charge in [0, 0.05) is 22.3 Å². The molecule has 130 valence electrons. The summed E-state index contributed by atoms with van der Waals surface area (Å²) in [6.07, 6.45) is 2.84. The predicted molar refractivity (Wildman–Crippen MR) is 97.7 cm³/mol. The maximum Gasteiger partial charge on any atom is 0.331 e. The largest absolute Gasteiger partial charge is 0.493 e. The molecule has 0 heterocycles. The van der Waals surface area contributed by atoms with Crippen LogP contribution < -0.4 is 10.1 Å². The van der Waals surface area contributed by atoms with E-state index in [0.29, 0.717) is 23.1 Å². The SMILES string of the molecule is CCOc1ccccc1/C=C/C(=O)OCC(=O)Nc1cccc(Cl)c1. The maximum absolute atomic E-state index is 11.8. The lowest BCUT2D eigenvalue weighted by atomic mass is 10.2. The van der Waals surface area contributed by atoms with Gasteiger partial charge in [-0.25, -0.2) is 4.79 Å². The van der Waals surface area contributed by atoms with Crippen LogP contribution in [-0.2, 0) is 14.3 Å². The number of para-hydroxylation sites is 1. The fraction of sp³-hybridized carbons (Fsp3) is 0.158. The molecule has 0 atom stereocenters. The summed E-state index contributed by atoms with van der Waals surface area (Å²) in [6, 6.07) is 14.0. The maximum atomic E-state index is 11.8. The Morgan fingerprint density at radius 2 is 1.96 bits per heavy atom. The number of hydrogen-bond acceptors (Lipinski definition) is 4. The van der Waals surface area contributed by atoms with Gasteiger partial charge >= 0.3 is 5.97 Å². The molecule has 1 N–H and O–H groups in total. The first-order chi connectivity index (χ1) is 12.1. The number of hydrogen-bond donors (Lipinski definition) is 1. The third kappa shape index (κ3) is 6.31. The number of carbonyl (C=O) groups excluding carboxylic acids is 2. The summed E-state index contributed by atoms with van der Waals surface area (Å²) in [6.45, 7) is 2.02. The quantitative estimate of drug-likeness (QED) is 0.601. The van der Waals surface area contributed by atoms with Crippen molar-refractivity contribution >= 4 is 35.2 Å². The van der Waals surface area contributed by atoms with Crippen LogP contribution in [0.2, 0.25) is 5.02 Å². The highest BCUT2D eigenvalue weighted by atomic mass is 35.5. The Bertz CT molecular complexity index is 774. The third-order valence-corrected chi connectivity index (χ3v) is 3.31. The van der Waals surface area contributed by atoms with Gasteiger partial charge < -0.3 is 14.8 Å². The summed E-state index contributed by atoms with van der Waals surface area (Å²) in [7, 11) is 0. The molecule has 0 aromatic heterocycles. The van der Waals surface area contributed by atoms with Crippen molar-refractivity contribution in [3.8, 4) is 5.75 Å².